The van der Waals surface area contributed by atoms with Gasteiger partial charge in [-0.2, -0.15) is 0 Å². The summed E-state index contributed by atoms with van der Waals surface area (Å²) >= 11 is 0. The third-order valence-electron chi connectivity index (χ3n) is 2.18. The standard InChI is InChI=1S/C7H15N3O3S/c1-14(12,13)10-3-2-6(5-10)9-4-7(8)11/h6,9H,2-5H2,1H3,(H2,8,11). The molecular formula is C7H15N3O3S. The fourth-order valence-corrected chi connectivity index (χ4v) is 2.33. The number of sulfonamides is 1. The van der Waals surface area contributed by atoms with E-state index in [0.29, 0.717) is 13.1 Å². The van der Waals surface area contributed by atoms with Gasteiger partial charge in [-0.15, -0.1) is 0 Å². The van der Waals surface area contributed by atoms with E-state index in [0.717, 1.165) is 6.42 Å². The Hall–Kier alpha value is -0.660. The topological polar surface area (TPSA) is 92.5 Å². The lowest BCUT2D eigenvalue weighted by Gasteiger charge is -2.13. The molecular weight excluding hydrogens is 206 g/mol. The Balaban J connectivity index is 2.38. The number of amides is 1. The molecule has 1 fully saturated rings. The first-order chi connectivity index (χ1) is 6.39. The van der Waals surface area contributed by atoms with Gasteiger partial charge in [0, 0.05) is 19.1 Å². The summed E-state index contributed by atoms with van der Waals surface area (Å²) in [6.07, 6.45) is 1.91. The third-order valence-corrected chi connectivity index (χ3v) is 3.45. The van der Waals surface area contributed by atoms with Crippen LogP contribution in [0.2, 0.25) is 0 Å². The second-order valence-corrected chi connectivity index (χ2v) is 5.44. The molecule has 1 saturated heterocycles. The summed E-state index contributed by atoms with van der Waals surface area (Å²) in [5.74, 6) is -0.428. The van der Waals surface area contributed by atoms with Gasteiger partial charge >= 0.3 is 0 Å². The second kappa shape index (κ2) is 4.24. The van der Waals surface area contributed by atoms with Crippen LogP contribution < -0.4 is 11.1 Å². The highest BCUT2D eigenvalue weighted by atomic mass is 32.2. The highest BCUT2D eigenvalue weighted by Crippen LogP contribution is 2.11. The Labute approximate surface area is 83.5 Å². The molecule has 1 atom stereocenters. The quantitative estimate of drug-likeness (QED) is 0.579. The zero-order valence-electron chi connectivity index (χ0n) is 8.06. The number of carbonyl (C=O) groups is 1. The van der Waals surface area contributed by atoms with Crippen LogP contribution in [0.15, 0.2) is 0 Å². The SMILES string of the molecule is CS(=O)(=O)N1CCC(NCC(N)=O)C1. The van der Waals surface area contributed by atoms with E-state index in [1.165, 1.54) is 10.6 Å². The smallest absolute Gasteiger partial charge is 0.231 e. The van der Waals surface area contributed by atoms with Gasteiger partial charge in [0.05, 0.1) is 12.8 Å². The molecule has 1 rings (SSSR count). The fraction of sp³-hybridized carbons (Fsp3) is 0.857. The molecule has 0 spiro atoms. The molecule has 6 nitrogen and oxygen atoms in total. The minimum Gasteiger partial charge on any atom is -0.369 e. The van der Waals surface area contributed by atoms with E-state index in [4.69, 9.17) is 5.73 Å². The molecule has 0 aliphatic carbocycles. The van der Waals surface area contributed by atoms with Crippen molar-refractivity contribution in [2.45, 2.75) is 12.5 Å². The lowest BCUT2D eigenvalue weighted by Crippen LogP contribution is -2.39. The van der Waals surface area contributed by atoms with Gasteiger partial charge in [0.15, 0.2) is 0 Å². The minimum absolute atomic E-state index is 0.0391. The Bertz CT molecular complexity index is 314. The number of carbonyl (C=O) groups excluding carboxylic acids is 1. The summed E-state index contributed by atoms with van der Waals surface area (Å²) < 4.78 is 23.6. The van der Waals surface area contributed by atoms with Crippen LogP contribution in [0.25, 0.3) is 0 Å². The van der Waals surface area contributed by atoms with Gasteiger partial charge in [0.1, 0.15) is 0 Å². The van der Waals surface area contributed by atoms with Crippen LogP contribution in [0.5, 0.6) is 0 Å². The van der Waals surface area contributed by atoms with Crippen molar-refractivity contribution in [2.24, 2.45) is 5.73 Å². The number of primary amides is 1. The predicted molar refractivity (Wildman–Crippen MR) is 52.0 cm³/mol. The van der Waals surface area contributed by atoms with Crippen LogP contribution in [-0.4, -0.2) is 50.6 Å². The third kappa shape index (κ3) is 3.24. The van der Waals surface area contributed by atoms with E-state index in [1.807, 2.05) is 0 Å². The maximum Gasteiger partial charge on any atom is 0.231 e. The van der Waals surface area contributed by atoms with Crippen molar-refractivity contribution in [3.05, 3.63) is 0 Å². The van der Waals surface area contributed by atoms with Crippen molar-refractivity contribution in [1.82, 2.24) is 9.62 Å². The summed E-state index contributed by atoms with van der Waals surface area (Å²) in [5.41, 5.74) is 4.96. The van der Waals surface area contributed by atoms with Gasteiger partial charge in [-0.25, -0.2) is 12.7 Å². The summed E-state index contributed by atoms with van der Waals surface area (Å²) in [7, 11) is -3.10. The monoisotopic (exact) mass is 221 g/mol. The van der Waals surface area contributed by atoms with Gasteiger partial charge in [-0.1, -0.05) is 0 Å². The van der Waals surface area contributed by atoms with Crippen LogP contribution in [0.3, 0.4) is 0 Å². The number of rotatable bonds is 4. The van der Waals surface area contributed by atoms with Gasteiger partial charge in [0.25, 0.3) is 0 Å². The first-order valence-corrected chi connectivity index (χ1v) is 6.21. The summed E-state index contributed by atoms with van der Waals surface area (Å²) in [6.45, 7) is 1.03. The van der Waals surface area contributed by atoms with Crippen molar-refractivity contribution in [1.29, 1.82) is 0 Å². The van der Waals surface area contributed by atoms with E-state index in [-0.39, 0.29) is 12.6 Å². The molecule has 0 aromatic heterocycles. The number of hydrogen-bond acceptors (Lipinski definition) is 4. The number of nitrogens with two attached hydrogens (primary N) is 1. The largest absolute Gasteiger partial charge is 0.369 e. The highest BCUT2D eigenvalue weighted by Gasteiger charge is 2.28. The first-order valence-electron chi connectivity index (χ1n) is 4.36. The average Bonchev–Trinajstić information content (AvgIpc) is 2.47. The van der Waals surface area contributed by atoms with Gasteiger partial charge < -0.3 is 11.1 Å². The molecule has 1 unspecified atom stereocenters. The van der Waals surface area contributed by atoms with Crippen LogP contribution in [0.1, 0.15) is 6.42 Å². The molecule has 1 aliphatic rings. The fourth-order valence-electron chi connectivity index (χ4n) is 1.44. The van der Waals surface area contributed by atoms with Crippen molar-refractivity contribution in [3.63, 3.8) is 0 Å². The van der Waals surface area contributed by atoms with Crippen molar-refractivity contribution in [3.8, 4) is 0 Å². The Morgan fingerprint density at radius 1 is 1.64 bits per heavy atom. The highest BCUT2D eigenvalue weighted by molar-refractivity contribution is 7.88. The molecule has 3 N–H and O–H groups in total. The average molecular weight is 221 g/mol. The number of hydrogen-bond donors (Lipinski definition) is 2. The van der Waals surface area contributed by atoms with E-state index in [2.05, 4.69) is 5.32 Å². The molecule has 7 heteroatoms. The van der Waals surface area contributed by atoms with Gasteiger partial charge in [-0.3, -0.25) is 4.79 Å². The molecule has 0 aromatic carbocycles. The molecule has 1 amide bonds. The molecule has 14 heavy (non-hydrogen) atoms. The van der Waals surface area contributed by atoms with Crippen LogP contribution >= 0.6 is 0 Å². The number of nitrogens with one attached hydrogen (secondary N) is 1. The lowest BCUT2D eigenvalue weighted by molar-refractivity contribution is -0.117. The summed E-state index contributed by atoms with van der Waals surface area (Å²) in [5, 5.41) is 2.90. The van der Waals surface area contributed by atoms with Crippen LogP contribution in [0, 0.1) is 0 Å². The minimum atomic E-state index is -3.10. The van der Waals surface area contributed by atoms with Crippen molar-refractivity contribution < 1.29 is 13.2 Å². The normalized spacial score (nSPS) is 23.9. The molecule has 1 heterocycles. The van der Waals surface area contributed by atoms with Crippen molar-refractivity contribution >= 4 is 15.9 Å². The van der Waals surface area contributed by atoms with Crippen molar-refractivity contribution in [2.75, 3.05) is 25.9 Å². The first kappa shape index (κ1) is 11.4. The van der Waals surface area contributed by atoms with E-state index >= 15 is 0 Å². The van der Waals surface area contributed by atoms with E-state index < -0.39 is 15.9 Å². The second-order valence-electron chi connectivity index (χ2n) is 3.45. The zero-order valence-corrected chi connectivity index (χ0v) is 8.88. The van der Waals surface area contributed by atoms with E-state index in [1.54, 1.807) is 0 Å². The summed E-state index contributed by atoms with van der Waals surface area (Å²) in [6, 6.07) is 0.0391. The molecule has 82 valence electrons. The maximum atomic E-state index is 11.1. The van der Waals surface area contributed by atoms with Crippen LogP contribution in [-0.2, 0) is 14.8 Å². The predicted octanol–water partition coefficient (Wildman–Crippen LogP) is -1.90. The van der Waals surface area contributed by atoms with Gasteiger partial charge in [-0.05, 0) is 6.42 Å². The zero-order chi connectivity index (χ0) is 10.8. The van der Waals surface area contributed by atoms with E-state index in [9.17, 15) is 13.2 Å². The Morgan fingerprint density at radius 2 is 2.29 bits per heavy atom. The molecule has 0 saturated carbocycles. The lowest BCUT2D eigenvalue weighted by atomic mass is 10.2. The molecule has 0 aromatic rings. The molecule has 1 aliphatic heterocycles. The summed E-state index contributed by atoms with van der Waals surface area (Å²) in [4.78, 5) is 10.5. The van der Waals surface area contributed by atoms with Crippen LogP contribution in [0.4, 0.5) is 0 Å². The Morgan fingerprint density at radius 3 is 2.71 bits per heavy atom. The van der Waals surface area contributed by atoms with Gasteiger partial charge in [0.2, 0.25) is 15.9 Å². The molecule has 0 radical (unpaired) electrons. The molecule has 0 bridgehead atoms. The Kier molecular flexibility index (Phi) is 3.46. The maximum absolute atomic E-state index is 11.1. The number of nitrogens with zero attached hydrogens (tertiary/aromatic N) is 1.